The van der Waals surface area contributed by atoms with Crippen molar-refractivity contribution in [2.75, 3.05) is 31.2 Å². The Bertz CT molecular complexity index is 921. The summed E-state index contributed by atoms with van der Waals surface area (Å²) in [6, 6.07) is 10.4. The Morgan fingerprint density at radius 1 is 1.21 bits per heavy atom. The summed E-state index contributed by atoms with van der Waals surface area (Å²) in [6.45, 7) is 2.35. The van der Waals surface area contributed by atoms with Crippen LogP contribution in [0.25, 0.3) is 0 Å². The average Bonchev–Trinajstić information content (AvgIpc) is 2.68. The second kappa shape index (κ2) is 8.70. The van der Waals surface area contributed by atoms with Crippen LogP contribution in [0.3, 0.4) is 0 Å². The third kappa shape index (κ3) is 5.30. The van der Waals surface area contributed by atoms with Gasteiger partial charge in [0.1, 0.15) is 5.75 Å². The SMILES string of the molecule is COc1cccnc1CN1CCC(C(=O)c2ccc(NS(C)(=O)=O)cc2)CC1. The predicted octanol–water partition coefficient (Wildman–Crippen LogP) is 2.56. The standard InChI is InChI=1S/C20H25N3O4S/c1-27-19-4-3-11-21-18(19)14-23-12-9-16(10-13-23)20(24)15-5-7-17(8-6-15)22-28(2,25)26/h3-8,11,16,22H,9-10,12-14H2,1-2H3. The van der Waals surface area contributed by atoms with E-state index < -0.39 is 10.0 Å². The molecule has 1 fully saturated rings. The van der Waals surface area contributed by atoms with E-state index in [4.69, 9.17) is 4.74 Å². The molecule has 0 spiro atoms. The molecule has 150 valence electrons. The summed E-state index contributed by atoms with van der Waals surface area (Å²) in [5.41, 5.74) is 1.98. The number of hydrogen-bond donors (Lipinski definition) is 1. The Morgan fingerprint density at radius 3 is 2.50 bits per heavy atom. The number of anilines is 1. The van der Waals surface area contributed by atoms with Crippen molar-refractivity contribution >= 4 is 21.5 Å². The third-order valence-electron chi connectivity index (χ3n) is 4.87. The van der Waals surface area contributed by atoms with Gasteiger partial charge >= 0.3 is 0 Å². The second-order valence-corrected chi connectivity index (χ2v) is 8.77. The second-order valence-electron chi connectivity index (χ2n) is 7.02. The molecule has 1 aromatic heterocycles. The minimum Gasteiger partial charge on any atom is -0.495 e. The van der Waals surface area contributed by atoms with Gasteiger partial charge in [0.15, 0.2) is 5.78 Å². The zero-order chi connectivity index (χ0) is 20.1. The molecule has 28 heavy (non-hydrogen) atoms. The molecule has 0 radical (unpaired) electrons. The van der Waals surface area contributed by atoms with Crippen LogP contribution in [-0.2, 0) is 16.6 Å². The number of ketones is 1. The number of pyridine rings is 1. The minimum atomic E-state index is -3.32. The van der Waals surface area contributed by atoms with Gasteiger partial charge in [-0.15, -0.1) is 0 Å². The molecule has 0 saturated carbocycles. The molecule has 0 amide bonds. The van der Waals surface area contributed by atoms with E-state index in [-0.39, 0.29) is 11.7 Å². The smallest absolute Gasteiger partial charge is 0.229 e. The van der Waals surface area contributed by atoms with Crippen molar-refractivity contribution in [3.8, 4) is 5.75 Å². The molecule has 1 aliphatic rings. The van der Waals surface area contributed by atoms with Gasteiger partial charge < -0.3 is 4.74 Å². The maximum Gasteiger partial charge on any atom is 0.229 e. The van der Waals surface area contributed by atoms with Crippen LogP contribution < -0.4 is 9.46 Å². The van der Waals surface area contributed by atoms with E-state index >= 15 is 0 Å². The van der Waals surface area contributed by atoms with E-state index in [0.717, 1.165) is 43.6 Å². The van der Waals surface area contributed by atoms with Crippen molar-refractivity contribution < 1.29 is 17.9 Å². The first-order valence-electron chi connectivity index (χ1n) is 9.18. The lowest BCUT2D eigenvalue weighted by molar-refractivity contribution is 0.0833. The number of rotatable bonds is 7. The molecule has 0 atom stereocenters. The summed E-state index contributed by atoms with van der Waals surface area (Å²) >= 11 is 0. The average molecular weight is 404 g/mol. The molecule has 0 bridgehead atoms. The summed E-state index contributed by atoms with van der Waals surface area (Å²) in [5, 5.41) is 0. The Morgan fingerprint density at radius 2 is 1.89 bits per heavy atom. The topological polar surface area (TPSA) is 88.6 Å². The number of nitrogens with zero attached hydrogens (tertiary/aromatic N) is 2. The van der Waals surface area contributed by atoms with Gasteiger partial charge in [0.25, 0.3) is 0 Å². The van der Waals surface area contributed by atoms with Crippen molar-refractivity contribution in [1.29, 1.82) is 0 Å². The Hall–Kier alpha value is -2.45. The Labute approximate surface area is 165 Å². The van der Waals surface area contributed by atoms with Crippen LogP contribution in [0.1, 0.15) is 28.9 Å². The molecule has 1 N–H and O–H groups in total. The van der Waals surface area contributed by atoms with Crippen molar-refractivity contribution in [2.24, 2.45) is 5.92 Å². The molecule has 1 aromatic carbocycles. The van der Waals surface area contributed by atoms with Crippen molar-refractivity contribution in [3.63, 3.8) is 0 Å². The number of ether oxygens (including phenoxy) is 1. The van der Waals surface area contributed by atoms with Gasteiger partial charge in [0.2, 0.25) is 10.0 Å². The molecule has 2 aromatic rings. The lowest BCUT2D eigenvalue weighted by atomic mass is 9.89. The molecule has 1 aliphatic heterocycles. The fourth-order valence-electron chi connectivity index (χ4n) is 3.45. The van der Waals surface area contributed by atoms with E-state index in [9.17, 15) is 13.2 Å². The van der Waals surface area contributed by atoms with Gasteiger partial charge in [-0.2, -0.15) is 0 Å². The van der Waals surface area contributed by atoms with E-state index in [2.05, 4.69) is 14.6 Å². The monoisotopic (exact) mass is 403 g/mol. The van der Waals surface area contributed by atoms with Crippen LogP contribution in [0.2, 0.25) is 0 Å². The highest BCUT2D eigenvalue weighted by Crippen LogP contribution is 2.25. The Kier molecular flexibility index (Phi) is 6.31. The summed E-state index contributed by atoms with van der Waals surface area (Å²) in [6.07, 6.45) is 4.44. The first-order valence-corrected chi connectivity index (χ1v) is 11.1. The van der Waals surface area contributed by atoms with Gasteiger partial charge in [0.05, 0.1) is 19.1 Å². The van der Waals surface area contributed by atoms with Crippen molar-refractivity contribution in [1.82, 2.24) is 9.88 Å². The fourth-order valence-corrected chi connectivity index (χ4v) is 4.01. The molecular formula is C20H25N3O4S. The number of sulfonamides is 1. The largest absolute Gasteiger partial charge is 0.495 e. The number of aromatic nitrogens is 1. The van der Waals surface area contributed by atoms with Crippen molar-refractivity contribution in [3.05, 3.63) is 53.9 Å². The highest BCUT2D eigenvalue weighted by molar-refractivity contribution is 7.92. The number of methoxy groups -OCH3 is 1. The normalized spacial score (nSPS) is 15.9. The number of likely N-dealkylation sites (tertiary alicyclic amines) is 1. The van der Waals surface area contributed by atoms with Crippen LogP contribution in [0.5, 0.6) is 5.75 Å². The first kappa shape index (κ1) is 20.3. The number of piperidine rings is 1. The molecule has 0 unspecified atom stereocenters. The van der Waals surface area contributed by atoms with E-state index in [0.29, 0.717) is 17.8 Å². The predicted molar refractivity (Wildman–Crippen MR) is 108 cm³/mol. The number of Topliss-reactive ketones (excluding diaryl/α,β-unsaturated/α-hetero) is 1. The molecule has 7 nitrogen and oxygen atoms in total. The number of hydrogen-bond acceptors (Lipinski definition) is 6. The molecule has 2 heterocycles. The number of nitrogens with one attached hydrogen (secondary N) is 1. The summed E-state index contributed by atoms with van der Waals surface area (Å²) < 4.78 is 30.3. The van der Waals surface area contributed by atoms with Gasteiger partial charge in [-0.25, -0.2) is 8.42 Å². The third-order valence-corrected chi connectivity index (χ3v) is 5.48. The zero-order valence-electron chi connectivity index (χ0n) is 16.1. The number of carbonyl (C=O) groups is 1. The summed E-state index contributed by atoms with van der Waals surface area (Å²) in [7, 11) is -1.68. The fraction of sp³-hybridized carbons (Fsp3) is 0.400. The molecule has 3 rings (SSSR count). The first-order chi connectivity index (χ1) is 13.4. The summed E-state index contributed by atoms with van der Waals surface area (Å²) in [5.74, 6) is 0.875. The van der Waals surface area contributed by atoms with Crippen LogP contribution in [0.4, 0.5) is 5.69 Å². The van der Waals surface area contributed by atoms with Crippen molar-refractivity contribution in [2.45, 2.75) is 19.4 Å². The highest BCUT2D eigenvalue weighted by atomic mass is 32.2. The maximum absolute atomic E-state index is 12.8. The van der Waals surface area contributed by atoms with E-state index in [1.807, 2.05) is 12.1 Å². The Balaban J connectivity index is 1.56. The maximum atomic E-state index is 12.8. The van der Waals surface area contributed by atoms with Gasteiger partial charge in [0, 0.05) is 29.9 Å². The number of benzene rings is 1. The van der Waals surface area contributed by atoms with Crippen LogP contribution >= 0.6 is 0 Å². The van der Waals surface area contributed by atoms with Gasteiger partial charge in [-0.1, -0.05) is 0 Å². The van der Waals surface area contributed by atoms with E-state index in [1.54, 1.807) is 37.6 Å². The molecule has 8 heteroatoms. The quantitative estimate of drug-likeness (QED) is 0.715. The van der Waals surface area contributed by atoms with Gasteiger partial charge in [-0.05, 0) is 62.3 Å². The zero-order valence-corrected chi connectivity index (χ0v) is 16.9. The van der Waals surface area contributed by atoms with Crippen LogP contribution in [0.15, 0.2) is 42.6 Å². The van der Waals surface area contributed by atoms with E-state index in [1.165, 1.54) is 0 Å². The lowest BCUT2D eigenvalue weighted by Gasteiger charge is -2.31. The molecule has 0 aliphatic carbocycles. The lowest BCUT2D eigenvalue weighted by Crippen LogP contribution is -2.36. The number of carbonyl (C=O) groups excluding carboxylic acids is 1. The van der Waals surface area contributed by atoms with Crippen LogP contribution in [-0.4, -0.2) is 50.5 Å². The molecule has 1 saturated heterocycles. The molecular weight excluding hydrogens is 378 g/mol. The van der Waals surface area contributed by atoms with Crippen LogP contribution in [0, 0.1) is 5.92 Å². The minimum absolute atomic E-state index is 0.0180. The summed E-state index contributed by atoms with van der Waals surface area (Å²) in [4.78, 5) is 19.5. The highest BCUT2D eigenvalue weighted by Gasteiger charge is 2.26. The van der Waals surface area contributed by atoms with Gasteiger partial charge in [-0.3, -0.25) is 19.4 Å².